The summed E-state index contributed by atoms with van der Waals surface area (Å²) in [7, 11) is 0. The van der Waals surface area contributed by atoms with Gasteiger partial charge >= 0.3 is 0 Å². The van der Waals surface area contributed by atoms with Gasteiger partial charge < -0.3 is 5.32 Å². The second-order valence-corrected chi connectivity index (χ2v) is 5.83. The molecular weight excluding hydrogens is 282 g/mol. The van der Waals surface area contributed by atoms with Crippen LogP contribution in [-0.2, 0) is 4.79 Å². The van der Waals surface area contributed by atoms with Gasteiger partial charge in [-0.25, -0.2) is 8.78 Å². The molecular formula is C14H14F2N2OS. The summed E-state index contributed by atoms with van der Waals surface area (Å²) in [5, 5.41) is 11.9. The second kappa shape index (κ2) is 6.23. The molecule has 6 heteroatoms. The van der Waals surface area contributed by atoms with Crippen molar-refractivity contribution in [3.8, 4) is 6.07 Å². The van der Waals surface area contributed by atoms with E-state index < -0.39 is 17.2 Å². The highest BCUT2D eigenvalue weighted by atomic mass is 32.2. The van der Waals surface area contributed by atoms with Crippen molar-refractivity contribution in [2.75, 3.05) is 5.75 Å². The SMILES string of the molecule is N#CC1(NC(=O)CSc2cc(F)ccc2F)CCCC1. The van der Waals surface area contributed by atoms with Gasteiger partial charge in [-0.05, 0) is 43.9 Å². The van der Waals surface area contributed by atoms with Crippen molar-refractivity contribution in [2.45, 2.75) is 36.1 Å². The Balaban J connectivity index is 1.92. The van der Waals surface area contributed by atoms with Gasteiger partial charge in [0.1, 0.15) is 17.2 Å². The second-order valence-electron chi connectivity index (χ2n) is 4.81. The summed E-state index contributed by atoms with van der Waals surface area (Å²) < 4.78 is 26.4. The maximum Gasteiger partial charge on any atom is 0.231 e. The van der Waals surface area contributed by atoms with Crippen LogP contribution >= 0.6 is 11.8 Å². The summed E-state index contributed by atoms with van der Waals surface area (Å²) in [4.78, 5) is 11.9. The third-order valence-corrected chi connectivity index (χ3v) is 4.33. The molecule has 0 saturated heterocycles. The summed E-state index contributed by atoms with van der Waals surface area (Å²) in [5.41, 5.74) is -0.780. The number of carbonyl (C=O) groups excluding carboxylic acids is 1. The van der Waals surface area contributed by atoms with Crippen molar-refractivity contribution < 1.29 is 13.6 Å². The van der Waals surface area contributed by atoms with Gasteiger partial charge in [-0.3, -0.25) is 4.79 Å². The molecule has 0 spiro atoms. The first-order chi connectivity index (χ1) is 9.54. The largest absolute Gasteiger partial charge is 0.337 e. The van der Waals surface area contributed by atoms with Crippen LogP contribution in [0.2, 0.25) is 0 Å². The number of carbonyl (C=O) groups is 1. The van der Waals surface area contributed by atoms with Crippen molar-refractivity contribution in [3.05, 3.63) is 29.8 Å². The topological polar surface area (TPSA) is 52.9 Å². The zero-order valence-electron chi connectivity index (χ0n) is 10.8. The van der Waals surface area contributed by atoms with Crippen molar-refractivity contribution >= 4 is 17.7 Å². The van der Waals surface area contributed by atoms with E-state index in [1.54, 1.807) is 0 Å². The molecule has 0 heterocycles. The van der Waals surface area contributed by atoms with Gasteiger partial charge in [-0.2, -0.15) is 5.26 Å². The van der Waals surface area contributed by atoms with Gasteiger partial charge in [-0.15, -0.1) is 11.8 Å². The van der Waals surface area contributed by atoms with Crippen LogP contribution in [0.25, 0.3) is 0 Å². The van der Waals surface area contributed by atoms with Crippen molar-refractivity contribution in [2.24, 2.45) is 0 Å². The van der Waals surface area contributed by atoms with Crippen LogP contribution in [0.3, 0.4) is 0 Å². The molecule has 1 saturated carbocycles. The zero-order chi connectivity index (χ0) is 14.6. The van der Waals surface area contributed by atoms with E-state index in [4.69, 9.17) is 5.26 Å². The van der Waals surface area contributed by atoms with Crippen LogP contribution in [0.5, 0.6) is 0 Å². The highest BCUT2D eigenvalue weighted by Gasteiger charge is 2.35. The molecule has 1 fully saturated rings. The fourth-order valence-corrected chi connectivity index (χ4v) is 3.04. The normalized spacial score (nSPS) is 16.6. The van der Waals surface area contributed by atoms with Gasteiger partial charge in [0.05, 0.1) is 11.8 Å². The molecule has 2 rings (SSSR count). The maximum absolute atomic E-state index is 13.4. The number of thioether (sulfide) groups is 1. The van der Waals surface area contributed by atoms with Gasteiger partial charge in [0.25, 0.3) is 0 Å². The molecule has 3 nitrogen and oxygen atoms in total. The molecule has 20 heavy (non-hydrogen) atoms. The van der Waals surface area contributed by atoms with E-state index in [9.17, 15) is 13.6 Å². The molecule has 0 unspecified atom stereocenters. The average molecular weight is 296 g/mol. The summed E-state index contributed by atoms with van der Waals surface area (Å²) in [5.74, 6) is -1.47. The molecule has 0 atom stereocenters. The van der Waals surface area contributed by atoms with Gasteiger partial charge in [0.2, 0.25) is 5.91 Å². The summed E-state index contributed by atoms with van der Waals surface area (Å²) >= 11 is 0.925. The van der Waals surface area contributed by atoms with E-state index >= 15 is 0 Å². The Labute approximate surface area is 120 Å². The number of amides is 1. The predicted molar refractivity (Wildman–Crippen MR) is 72.0 cm³/mol. The monoisotopic (exact) mass is 296 g/mol. The number of rotatable bonds is 4. The Morgan fingerprint density at radius 2 is 2.10 bits per heavy atom. The molecule has 1 aromatic carbocycles. The van der Waals surface area contributed by atoms with E-state index in [2.05, 4.69) is 11.4 Å². The lowest BCUT2D eigenvalue weighted by Crippen LogP contribution is -2.45. The van der Waals surface area contributed by atoms with Crippen LogP contribution in [0.15, 0.2) is 23.1 Å². The van der Waals surface area contributed by atoms with Crippen LogP contribution in [0.1, 0.15) is 25.7 Å². The van der Waals surface area contributed by atoms with E-state index in [1.165, 1.54) is 0 Å². The van der Waals surface area contributed by atoms with E-state index in [0.717, 1.165) is 42.8 Å². The molecule has 106 valence electrons. The molecule has 0 aliphatic heterocycles. The number of hydrogen-bond donors (Lipinski definition) is 1. The lowest BCUT2D eigenvalue weighted by molar-refractivity contribution is -0.119. The molecule has 0 bridgehead atoms. The Morgan fingerprint density at radius 1 is 1.40 bits per heavy atom. The highest BCUT2D eigenvalue weighted by Crippen LogP contribution is 2.29. The molecule has 1 N–H and O–H groups in total. The first-order valence-electron chi connectivity index (χ1n) is 6.35. The van der Waals surface area contributed by atoms with Crippen molar-refractivity contribution in [1.82, 2.24) is 5.32 Å². The Hall–Kier alpha value is -1.61. The maximum atomic E-state index is 13.4. The standard InChI is InChI=1S/C14H14F2N2OS/c15-10-3-4-11(16)12(7-10)20-8-13(19)18-14(9-17)5-1-2-6-14/h3-4,7H,1-2,5-6,8H2,(H,18,19). The first kappa shape index (κ1) is 14.8. The Morgan fingerprint density at radius 3 is 2.75 bits per heavy atom. The summed E-state index contributed by atoms with van der Waals surface area (Å²) in [6, 6.07) is 5.27. The summed E-state index contributed by atoms with van der Waals surface area (Å²) in [6.45, 7) is 0. The number of halogens is 2. The molecule has 1 aliphatic carbocycles. The van der Waals surface area contributed by atoms with E-state index in [1.807, 2.05) is 0 Å². The fraction of sp³-hybridized carbons (Fsp3) is 0.429. The third kappa shape index (κ3) is 3.48. The Kier molecular flexibility index (Phi) is 4.61. The van der Waals surface area contributed by atoms with Crippen molar-refractivity contribution in [3.63, 3.8) is 0 Å². The quantitative estimate of drug-likeness (QED) is 0.869. The summed E-state index contributed by atoms with van der Waals surface area (Å²) in [6.07, 6.45) is 3.13. The van der Waals surface area contributed by atoms with Crippen LogP contribution in [0.4, 0.5) is 8.78 Å². The van der Waals surface area contributed by atoms with Gasteiger partial charge in [-0.1, -0.05) is 0 Å². The number of benzene rings is 1. The van der Waals surface area contributed by atoms with E-state index in [-0.39, 0.29) is 16.6 Å². The minimum absolute atomic E-state index is 0.0379. The molecule has 1 amide bonds. The smallest absolute Gasteiger partial charge is 0.231 e. The highest BCUT2D eigenvalue weighted by molar-refractivity contribution is 8.00. The van der Waals surface area contributed by atoms with Crippen LogP contribution < -0.4 is 5.32 Å². The lowest BCUT2D eigenvalue weighted by atomic mass is 10.0. The molecule has 1 aliphatic rings. The predicted octanol–water partition coefficient (Wildman–Crippen LogP) is 3.01. The van der Waals surface area contributed by atoms with Gasteiger partial charge in [0.15, 0.2) is 0 Å². The molecule has 0 radical (unpaired) electrons. The minimum atomic E-state index is -0.780. The van der Waals surface area contributed by atoms with Crippen LogP contribution in [0, 0.1) is 23.0 Å². The van der Waals surface area contributed by atoms with Gasteiger partial charge in [0, 0.05) is 4.90 Å². The fourth-order valence-electron chi connectivity index (χ4n) is 2.28. The van der Waals surface area contributed by atoms with Crippen LogP contribution in [-0.4, -0.2) is 17.2 Å². The number of nitrogens with one attached hydrogen (secondary N) is 1. The number of nitriles is 1. The lowest BCUT2D eigenvalue weighted by Gasteiger charge is -2.21. The molecule has 0 aromatic heterocycles. The molecule has 1 aromatic rings. The zero-order valence-corrected chi connectivity index (χ0v) is 11.6. The Bertz CT molecular complexity index is 551. The average Bonchev–Trinajstić information content (AvgIpc) is 2.89. The third-order valence-electron chi connectivity index (χ3n) is 3.30. The minimum Gasteiger partial charge on any atom is -0.337 e. The first-order valence-corrected chi connectivity index (χ1v) is 7.33. The van der Waals surface area contributed by atoms with Crippen molar-refractivity contribution in [1.29, 1.82) is 5.26 Å². The van der Waals surface area contributed by atoms with E-state index in [0.29, 0.717) is 12.8 Å². The number of hydrogen-bond acceptors (Lipinski definition) is 3. The number of nitrogens with zero attached hydrogens (tertiary/aromatic N) is 1.